The zero-order chi connectivity index (χ0) is 18.9. The Morgan fingerprint density at radius 3 is 2.46 bits per heavy atom. The van der Waals surface area contributed by atoms with Crippen molar-refractivity contribution in [2.24, 2.45) is 5.92 Å². The maximum atomic E-state index is 13.1. The van der Waals surface area contributed by atoms with Crippen LogP contribution in [0.15, 0.2) is 0 Å². The molecule has 0 radical (unpaired) electrons. The van der Waals surface area contributed by atoms with E-state index in [1.54, 1.807) is 0 Å². The van der Waals surface area contributed by atoms with E-state index in [4.69, 9.17) is 0 Å². The number of urea groups is 1. The number of halogens is 3. The van der Waals surface area contributed by atoms with Gasteiger partial charge >= 0.3 is 12.2 Å². The molecule has 0 bridgehead atoms. The van der Waals surface area contributed by atoms with E-state index in [1.807, 2.05) is 0 Å². The second kappa shape index (κ2) is 7.08. The fourth-order valence-corrected chi connectivity index (χ4v) is 4.38. The van der Waals surface area contributed by atoms with Crippen LogP contribution < -0.4 is 10.6 Å². The summed E-state index contributed by atoms with van der Waals surface area (Å²) in [4.78, 5) is 37.7. The van der Waals surface area contributed by atoms with Crippen LogP contribution in [0.4, 0.5) is 18.0 Å². The van der Waals surface area contributed by atoms with Crippen LogP contribution in [0.5, 0.6) is 0 Å². The van der Waals surface area contributed by atoms with Crippen LogP contribution in [0.3, 0.4) is 0 Å². The third kappa shape index (κ3) is 3.66. The number of nitrogens with zero attached hydrogens (tertiary/aromatic N) is 1. The van der Waals surface area contributed by atoms with Gasteiger partial charge in [0.1, 0.15) is 5.54 Å². The van der Waals surface area contributed by atoms with E-state index in [9.17, 15) is 27.6 Å². The van der Waals surface area contributed by atoms with Gasteiger partial charge in [-0.2, -0.15) is 13.2 Å². The van der Waals surface area contributed by atoms with E-state index in [2.05, 4.69) is 10.6 Å². The van der Waals surface area contributed by atoms with Gasteiger partial charge in [-0.3, -0.25) is 14.5 Å². The minimum Gasteiger partial charge on any atom is -0.353 e. The van der Waals surface area contributed by atoms with E-state index in [-0.39, 0.29) is 25.3 Å². The van der Waals surface area contributed by atoms with Gasteiger partial charge < -0.3 is 10.6 Å². The second-order valence-electron chi connectivity index (χ2n) is 7.53. The quantitative estimate of drug-likeness (QED) is 0.741. The Kier molecular flexibility index (Phi) is 5.16. The van der Waals surface area contributed by atoms with E-state index in [0.29, 0.717) is 32.1 Å². The zero-order valence-electron chi connectivity index (χ0n) is 14.5. The lowest BCUT2D eigenvalue weighted by atomic mass is 9.84. The number of rotatable bonds is 4. The first kappa shape index (κ1) is 19.0. The molecule has 1 saturated heterocycles. The highest BCUT2D eigenvalue weighted by Gasteiger charge is 2.52. The summed E-state index contributed by atoms with van der Waals surface area (Å²) in [6.07, 6.45) is -0.151. The minimum absolute atomic E-state index is 0.0178. The Labute approximate surface area is 149 Å². The number of amides is 4. The summed E-state index contributed by atoms with van der Waals surface area (Å²) in [5.74, 6) is -2.41. The molecular formula is C17H24F3N3O3. The average molecular weight is 375 g/mol. The number of imide groups is 1. The van der Waals surface area contributed by atoms with Crippen LogP contribution in [-0.4, -0.2) is 47.0 Å². The number of nitrogens with one attached hydrogen (secondary N) is 2. The van der Waals surface area contributed by atoms with E-state index < -0.39 is 35.6 Å². The second-order valence-corrected chi connectivity index (χ2v) is 7.53. The van der Waals surface area contributed by atoms with Gasteiger partial charge in [-0.25, -0.2) is 4.79 Å². The normalized spacial score (nSPS) is 28.5. The highest BCUT2D eigenvalue weighted by Crippen LogP contribution is 2.38. The summed E-state index contributed by atoms with van der Waals surface area (Å²) in [5.41, 5.74) is -0.835. The molecule has 26 heavy (non-hydrogen) atoms. The van der Waals surface area contributed by atoms with E-state index >= 15 is 0 Å². The third-order valence-corrected chi connectivity index (χ3v) is 5.80. The lowest BCUT2D eigenvalue weighted by molar-refractivity contribution is -0.189. The van der Waals surface area contributed by atoms with Gasteiger partial charge in [0.15, 0.2) is 0 Å². The van der Waals surface area contributed by atoms with Crippen molar-refractivity contribution in [3.05, 3.63) is 0 Å². The van der Waals surface area contributed by atoms with Crippen molar-refractivity contribution in [2.45, 2.75) is 75.5 Å². The Morgan fingerprint density at radius 1 is 1.15 bits per heavy atom. The highest BCUT2D eigenvalue weighted by molar-refractivity contribution is 6.07. The predicted octanol–water partition coefficient (Wildman–Crippen LogP) is 2.48. The van der Waals surface area contributed by atoms with Crippen molar-refractivity contribution in [3.63, 3.8) is 0 Å². The van der Waals surface area contributed by atoms with Gasteiger partial charge in [0, 0.05) is 19.0 Å². The molecule has 9 heteroatoms. The summed E-state index contributed by atoms with van der Waals surface area (Å²) >= 11 is 0. The van der Waals surface area contributed by atoms with E-state index in [0.717, 1.165) is 17.7 Å². The van der Waals surface area contributed by atoms with Crippen LogP contribution in [0, 0.1) is 5.92 Å². The van der Waals surface area contributed by atoms with E-state index in [1.165, 1.54) is 0 Å². The molecule has 0 aromatic rings. The van der Waals surface area contributed by atoms with Crippen molar-refractivity contribution < 1.29 is 27.6 Å². The molecule has 6 nitrogen and oxygen atoms in total. The van der Waals surface area contributed by atoms with Crippen molar-refractivity contribution in [2.75, 3.05) is 6.54 Å². The first-order valence-corrected chi connectivity index (χ1v) is 9.23. The molecule has 146 valence electrons. The average Bonchev–Trinajstić information content (AvgIpc) is 3.12. The Hall–Kier alpha value is -1.80. The molecule has 2 atom stereocenters. The Morgan fingerprint density at radius 2 is 1.81 bits per heavy atom. The zero-order valence-corrected chi connectivity index (χ0v) is 14.5. The SMILES string of the molecule is O=C(CCN1C(=O)NC2(CCCC2)C1=O)NC1CCCCC1C(F)(F)F. The molecule has 3 fully saturated rings. The molecule has 0 aromatic heterocycles. The molecule has 2 N–H and O–H groups in total. The van der Waals surface area contributed by atoms with Gasteiger partial charge in [0.25, 0.3) is 5.91 Å². The first-order valence-electron chi connectivity index (χ1n) is 9.23. The highest BCUT2D eigenvalue weighted by atomic mass is 19.4. The largest absolute Gasteiger partial charge is 0.393 e. The molecule has 4 amide bonds. The van der Waals surface area contributed by atoms with Gasteiger partial charge in [-0.05, 0) is 25.7 Å². The number of alkyl halides is 3. The predicted molar refractivity (Wildman–Crippen MR) is 86.0 cm³/mol. The molecule has 2 saturated carbocycles. The van der Waals surface area contributed by atoms with Crippen molar-refractivity contribution in [1.82, 2.24) is 15.5 Å². The Bertz CT molecular complexity index is 588. The maximum Gasteiger partial charge on any atom is 0.393 e. The van der Waals surface area contributed by atoms with Crippen LogP contribution in [0.1, 0.15) is 57.8 Å². The molecule has 1 heterocycles. The lowest BCUT2D eigenvalue weighted by Gasteiger charge is -2.33. The Balaban J connectivity index is 1.54. The van der Waals surface area contributed by atoms with Crippen LogP contribution in [0.2, 0.25) is 0 Å². The third-order valence-electron chi connectivity index (χ3n) is 5.80. The molecule has 2 unspecified atom stereocenters. The lowest BCUT2D eigenvalue weighted by Crippen LogP contribution is -2.48. The van der Waals surface area contributed by atoms with Gasteiger partial charge in [-0.15, -0.1) is 0 Å². The van der Waals surface area contributed by atoms with Crippen LogP contribution in [0.25, 0.3) is 0 Å². The fourth-order valence-electron chi connectivity index (χ4n) is 4.38. The summed E-state index contributed by atoms with van der Waals surface area (Å²) < 4.78 is 39.3. The molecule has 2 aliphatic carbocycles. The monoisotopic (exact) mass is 375 g/mol. The summed E-state index contributed by atoms with van der Waals surface area (Å²) in [5, 5.41) is 5.18. The van der Waals surface area contributed by atoms with Crippen LogP contribution >= 0.6 is 0 Å². The maximum absolute atomic E-state index is 13.1. The minimum atomic E-state index is -4.34. The molecule has 3 aliphatic rings. The van der Waals surface area contributed by atoms with Gasteiger partial charge in [-0.1, -0.05) is 25.7 Å². The smallest absolute Gasteiger partial charge is 0.353 e. The molecule has 1 aliphatic heterocycles. The summed E-state index contributed by atoms with van der Waals surface area (Å²) in [6.45, 7) is -0.109. The number of carbonyl (C=O) groups excluding carboxylic acids is 3. The van der Waals surface area contributed by atoms with Gasteiger partial charge in [0.2, 0.25) is 5.91 Å². The molecule has 1 spiro atoms. The molecule has 3 rings (SSSR count). The number of hydrogen-bond donors (Lipinski definition) is 2. The number of hydrogen-bond acceptors (Lipinski definition) is 3. The summed E-state index contributed by atoms with van der Waals surface area (Å²) in [6, 6.07) is -1.45. The van der Waals surface area contributed by atoms with Crippen molar-refractivity contribution >= 4 is 17.8 Å². The van der Waals surface area contributed by atoms with Crippen molar-refractivity contribution in [3.8, 4) is 0 Å². The molecular weight excluding hydrogens is 351 g/mol. The molecule has 0 aromatic carbocycles. The summed E-state index contributed by atoms with van der Waals surface area (Å²) in [7, 11) is 0. The fraction of sp³-hybridized carbons (Fsp3) is 0.824. The standard InChI is InChI=1S/C17H24F3N3O3/c18-17(19,20)11-5-1-2-6-12(11)21-13(24)7-10-23-14(25)16(22-15(23)26)8-3-4-9-16/h11-12H,1-10H2,(H,21,24)(H,22,26). The topological polar surface area (TPSA) is 78.5 Å². The van der Waals surface area contributed by atoms with Crippen LogP contribution in [-0.2, 0) is 9.59 Å². The number of carbonyl (C=O) groups is 3. The first-order chi connectivity index (χ1) is 12.2. The van der Waals surface area contributed by atoms with Gasteiger partial charge in [0.05, 0.1) is 5.92 Å². The van der Waals surface area contributed by atoms with Crippen molar-refractivity contribution in [1.29, 1.82) is 0 Å².